The van der Waals surface area contributed by atoms with E-state index in [1.54, 1.807) is 19.4 Å². The highest BCUT2D eigenvalue weighted by atomic mass is 16.5. The van der Waals surface area contributed by atoms with Crippen molar-refractivity contribution in [2.75, 3.05) is 20.2 Å². The summed E-state index contributed by atoms with van der Waals surface area (Å²) in [6, 6.07) is 4.34. The fourth-order valence-electron chi connectivity index (χ4n) is 2.23. The normalized spacial score (nSPS) is 16.4. The van der Waals surface area contributed by atoms with Crippen molar-refractivity contribution in [2.24, 2.45) is 4.99 Å². The van der Waals surface area contributed by atoms with Gasteiger partial charge in [-0.15, -0.1) is 0 Å². The van der Waals surface area contributed by atoms with Gasteiger partial charge in [0.1, 0.15) is 12.4 Å². The maximum absolute atomic E-state index is 5.56. The van der Waals surface area contributed by atoms with Gasteiger partial charge in [0.15, 0.2) is 5.96 Å². The molecule has 1 aromatic heterocycles. The lowest BCUT2D eigenvalue weighted by atomic mass is 10.2. The zero-order valence-electron chi connectivity index (χ0n) is 11.4. The number of aliphatic imine (C=N–C) groups is 1. The number of nitrogens with zero attached hydrogens (tertiary/aromatic N) is 2. The third kappa shape index (κ3) is 4.77. The minimum absolute atomic E-state index is 0.574. The minimum atomic E-state index is 0.574. The predicted molar refractivity (Wildman–Crippen MR) is 76.5 cm³/mol. The number of hydrogen-bond acceptors (Lipinski definition) is 3. The van der Waals surface area contributed by atoms with Gasteiger partial charge in [-0.25, -0.2) is 0 Å². The molecule has 0 radical (unpaired) electrons. The first-order valence-electron chi connectivity index (χ1n) is 6.88. The lowest BCUT2D eigenvalue weighted by Crippen LogP contribution is -2.43. The van der Waals surface area contributed by atoms with Crippen LogP contribution in [0.3, 0.4) is 0 Å². The van der Waals surface area contributed by atoms with Crippen molar-refractivity contribution in [3.63, 3.8) is 0 Å². The average Bonchev–Trinajstić information content (AvgIpc) is 2.96. The second-order valence-corrected chi connectivity index (χ2v) is 4.66. The summed E-state index contributed by atoms with van der Waals surface area (Å²) < 4.78 is 5.56. The standard InChI is InChI=1S/C14H22N4O/c1-15-14(18-12-5-2-3-6-12)17-9-10-19-13-7-4-8-16-11-13/h4,7-8,11-12H,2-3,5-6,9-10H2,1H3,(H2,15,17,18). The summed E-state index contributed by atoms with van der Waals surface area (Å²) in [7, 11) is 1.80. The molecule has 1 aromatic rings. The summed E-state index contributed by atoms with van der Waals surface area (Å²) in [5.41, 5.74) is 0. The van der Waals surface area contributed by atoms with Crippen LogP contribution in [-0.2, 0) is 0 Å². The maximum Gasteiger partial charge on any atom is 0.191 e. The van der Waals surface area contributed by atoms with E-state index in [0.717, 1.165) is 18.3 Å². The van der Waals surface area contributed by atoms with Crippen molar-refractivity contribution < 1.29 is 4.74 Å². The van der Waals surface area contributed by atoms with Gasteiger partial charge in [0.25, 0.3) is 0 Å². The van der Waals surface area contributed by atoms with Crippen LogP contribution in [0.2, 0.25) is 0 Å². The quantitative estimate of drug-likeness (QED) is 0.480. The number of rotatable bonds is 5. The van der Waals surface area contributed by atoms with Crippen molar-refractivity contribution in [3.05, 3.63) is 24.5 Å². The molecule has 0 aliphatic heterocycles. The monoisotopic (exact) mass is 262 g/mol. The van der Waals surface area contributed by atoms with Crippen LogP contribution in [0.5, 0.6) is 5.75 Å². The number of hydrogen-bond donors (Lipinski definition) is 2. The highest BCUT2D eigenvalue weighted by molar-refractivity contribution is 5.79. The predicted octanol–water partition coefficient (Wildman–Crippen LogP) is 1.57. The molecule has 0 atom stereocenters. The Labute approximate surface area is 114 Å². The zero-order chi connectivity index (χ0) is 13.3. The van der Waals surface area contributed by atoms with Crippen LogP contribution in [0.1, 0.15) is 25.7 Å². The number of guanidine groups is 1. The van der Waals surface area contributed by atoms with E-state index < -0.39 is 0 Å². The molecule has 0 spiro atoms. The number of ether oxygens (including phenoxy) is 1. The van der Waals surface area contributed by atoms with E-state index in [2.05, 4.69) is 20.6 Å². The minimum Gasteiger partial charge on any atom is -0.490 e. The van der Waals surface area contributed by atoms with Crippen LogP contribution in [0, 0.1) is 0 Å². The highest BCUT2D eigenvalue weighted by Gasteiger charge is 2.15. The molecule has 0 unspecified atom stereocenters. The molecule has 1 saturated carbocycles. The fraction of sp³-hybridized carbons (Fsp3) is 0.571. The summed E-state index contributed by atoms with van der Waals surface area (Å²) >= 11 is 0. The van der Waals surface area contributed by atoms with Gasteiger partial charge in [-0.3, -0.25) is 9.98 Å². The summed E-state index contributed by atoms with van der Waals surface area (Å²) in [4.78, 5) is 8.22. The van der Waals surface area contributed by atoms with Crippen molar-refractivity contribution in [1.29, 1.82) is 0 Å². The molecule has 1 fully saturated rings. The molecule has 0 saturated heterocycles. The van der Waals surface area contributed by atoms with Gasteiger partial charge >= 0.3 is 0 Å². The molecule has 1 aliphatic rings. The van der Waals surface area contributed by atoms with E-state index >= 15 is 0 Å². The van der Waals surface area contributed by atoms with Crippen molar-refractivity contribution in [3.8, 4) is 5.75 Å². The van der Waals surface area contributed by atoms with Gasteiger partial charge in [0.2, 0.25) is 0 Å². The van der Waals surface area contributed by atoms with Crippen LogP contribution in [-0.4, -0.2) is 37.2 Å². The fourth-order valence-corrected chi connectivity index (χ4v) is 2.23. The van der Waals surface area contributed by atoms with E-state index in [-0.39, 0.29) is 0 Å². The Balaban J connectivity index is 1.63. The van der Waals surface area contributed by atoms with E-state index in [1.807, 2.05) is 12.1 Å². The molecule has 1 heterocycles. The SMILES string of the molecule is CN=C(NCCOc1cccnc1)NC1CCCC1. The van der Waals surface area contributed by atoms with Gasteiger partial charge in [0.05, 0.1) is 12.7 Å². The second kappa shape index (κ2) is 7.61. The molecule has 0 bridgehead atoms. The smallest absolute Gasteiger partial charge is 0.191 e. The topological polar surface area (TPSA) is 58.5 Å². The van der Waals surface area contributed by atoms with E-state index in [4.69, 9.17) is 4.74 Å². The molecule has 2 rings (SSSR count). The molecule has 5 nitrogen and oxygen atoms in total. The molecule has 0 amide bonds. The van der Waals surface area contributed by atoms with Crippen molar-refractivity contribution in [2.45, 2.75) is 31.7 Å². The van der Waals surface area contributed by atoms with Crippen LogP contribution in [0.25, 0.3) is 0 Å². The first kappa shape index (κ1) is 13.6. The largest absolute Gasteiger partial charge is 0.490 e. The van der Waals surface area contributed by atoms with Crippen molar-refractivity contribution >= 4 is 5.96 Å². The molecular weight excluding hydrogens is 240 g/mol. The zero-order valence-corrected chi connectivity index (χ0v) is 11.4. The third-order valence-corrected chi connectivity index (χ3v) is 3.22. The number of pyridine rings is 1. The molecule has 1 aliphatic carbocycles. The summed E-state index contributed by atoms with van der Waals surface area (Å²) in [5.74, 6) is 1.66. The highest BCUT2D eigenvalue weighted by Crippen LogP contribution is 2.17. The van der Waals surface area contributed by atoms with Gasteiger partial charge in [0, 0.05) is 19.3 Å². The van der Waals surface area contributed by atoms with Crippen LogP contribution >= 0.6 is 0 Å². The molecule has 5 heteroatoms. The molecule has 104 valence electrons. The van der Waals surface area contributed by atoms with Gasteiger partial charge < -0.3 is 15.4 Å². The second-order valence-electron chi connectivity index (χ2n) is 4.66. The van der Waals surface area contributed by atoms with Crippen LogP contribution < -0.4 is 15.4 Å². The summed E-state index contributed by atoms with van der Waals surface area (Å²) in [6.45, 7) is 1.32. The summed E-state index contributed by atoms with van der Waals surface area (Å²) in [6.07, 6.45) is 8.57. The lowest BCUT2D eigenvalue weighted by molar-refractivity contribution is 0.320. The Morgan fingerprint density at radius 3 is 3.00 bits per heavy atom. The van der Waals surface area contributed by atoms with Crippen molar-refractivity contribution in [1.82, 2.24) is 15.6 Å². The Bertz CT molecular complexity index is 388. The van der Waals surface area contributed by atoms with E-state index in [9.17, 15) is 0 Å². The third-order valence-electron chi connectivity index (χ3n) is 3.22. The Morgan fingerprint density at radius 2 is 2.32 bits per heavy atom. The summed E-state index contributed by atoms with van der Waals surface area (Å²) in [5, 5.41) is 6.70. The van der Waals surface area contributed by atoms with E-state index in [0.29, 0.717) is 12.6 Å². The Kier molecular flexibility index (Phi) is 5.47. The lowest BCUT2D eigenvalue weighted by Gasteiger charge is -2.16. The van der Waals surface area contributed by atoms with Crippen LogP contribution in [0.15, 0.2) is 29.5 Å². The molecule has 2 N–H and O–H groups in total. The Hall–Kier alpha value is -1.78. The average molecular weight is 262 g/mol. The van der Waals surface area contributed by atoms with Gasteiger partial charge in [-0.1, -0.05) is 12.8 Å². The first-order chi connectivity index (χ1) is 9.38. The molecule has 0 aromatic carbocycles. The van der Waals surface area contributed by atoms with Gasteiger partial charge in [-0.2, -0.15) is 0 Å². The van der Waals surface area contributed by atoms with Gasteiger partial charge in [-0.05, 0) is 25.0 Å². The first-order valence-corrected chi connectivity index (χ1v) is 6.88. The van der Waals surface area contributed by atoms with E-state index in [1.165, 1.54) is 25.7 Å². The molecular formula is C14H22N4O. The van der Waals surface area contributed by atoms with Crippen LogP contribution in [0.4, 0.5) is 0 Å². The Morgan fingerprint density at radius 1 is 1.47 bits per heavy atom. The maximum atomic E-state index is 5.56. The number of nitrogens with one attached hydrogen (secondary N) is 2. The number of aromatic nitrogens is 1. The molecule has 19 heavy (non-hydrogen) atoms.